The van der Waals surface area contributed by atoms with E-state index in [-0.39, 0.29) is 11.9 Å². The van der Waals surface area contributed by atoms with E-state index >= 15 is 0 Å². The predicted octanol–water partition coefficient (Wildman–Crippen LogP) is 3.52. The number of hydrogen-bond donors (Lipinski definition) is 0. The minimum absolute atomic E-state index is 0.00134. The Hall–Kier alpha value is -1.31. The number of esters is 1. The Balaban J connectivity index is 1.88. The first-order chi connectivity index (χ1) is 8.33. The smallest absolute Gasteiger partial charge is 0.309 e. The topological polar surface area (TPSA) is 26.3 Å². The van der Waals surface area contributed by atoms with Crippen LogP contribution in [0.1, 0.15) is 44.1 Å². The van der Waals surface area contributed by atoms with E-state index in [1.165, 1.54) is 5.56 Å². The van der Waals surface area contributed by atoms with Crippen molar-refractivity contribution in [1.82, 2.24) is 0 Å². The Morgan fingerprint density at radius 2 is 2.06 bits per heavy atom. The molecule has 92 valence electrons. The molecule has 0 amide bonds. The van der Waals surface area contributed by atoms with Crippen molar-refractivity contribution in [2.75, 3.05) is 6.61 Å². The Morgan fingerprint density at radius 1 is 1.29 bits per heavy atom. The van der Waals surface area contributed by atoms with E-state index in [1.54, 1.807) is 0 Å². The van der Waals surface area contributed by atoms with Crippen LogP contribution in [0.2, 0.25) is 0 Å². The first kappa shape index (κ1) is 12.2. The summed E-state index contributed by atoms with van der Waals surface area (Å²) in [5.41, 5.74) is 1.27. The van der Waals surface area contributed by atoms with Crippen molar-refractivity contribution < 1.29 is 9.53 Å². The molecule has 0 bridgehead atoms. The molecule has 2 atom stereocenters. The highest BCUT2D eigenvalue weighted by Crippen LogP contribution is 2.43. The molecule has 0 aromatic heterocycles. The van der Waals surface area contributed by atoms with Crippen LogP contribution in [0.25, 0.3) is 0 Å². The van der Waals surface area contributed by atoms with E-state index in [2.05, 4.69) is 19.1 Å². The number of unbranched alkanes of at least 4 members (excludes halogenated alkanes) is 1. The average molecular weight is 232 g/mol. The minimum Gasteiger partial charge on any atom is -0.465 e. The fourth-order valence-electron chi connectivity index (χ4n) is 2.31. The third-order valence-electron chi connectivity index (χ3n) is 3.55. The molecule has 1 aliphatic rings. The van der Waals surface area contributed by atoms with Crippen molar-refractivity contribution >= 4 is 5.97 Å². The minimum atomic E-state index is -0.00134. The van der Waals surface area contributed by atoms with Gasteiger partial charge in [0.05, 0.1) is 12.5 Å². The lowest BCUT2D eigenvalue weighted by Gasteiger charge is -2.35. The molecule has 0 heterocycles. The Morgan fingerprint density at radius 3 is 2.65 bits per heavy atom. The summed E-state index contributed by atoms with van der Waals surface area (Å²) in [6, 6.07) is 10.3. The summed E-state index contributed by atoms with van der Waals surface area (Å²) in [4.78, 5) is 11.9. The molecule has 17 heavy (non-hydrogen) atoms. The standard InChI is InChI=1S/C15H20O2/c1-2-3-11-17-15(16)14-10-9-13(14)12-7-5-4-6-8-12/h4-8,13-14H,2-3,9-11H2,1H3. The summed E-state index contributed by atoms with van der Waals surface area (Å²) in [5.74, 6) is 0.470. The molecule has 2 rings (SSSR count). The summed E-state index contributed by atoms with van der Waals surface area (Å²) in [6.45, 7) is 2.68. The number of hydrogen-bond acceptors (Lipinski definition) is 2. The van der Waals surface area contributed by atoms with E-state index in [0.29, 0.717) is 12.5 Å². The fourth-order valence-corrected chi connectivity index (χ4v) is 2.31. The van der Waals surface area contributed by atoms with Gasteiger partial charge in [-0.15, -0.1) is 0 Å². The van der Waals surface area contributed by atoms with Gasteiger partial charge in [-0.2, -0.15) is 0 Å². The number of benzene rings is 1. The maximum atomic E-state index is 11.9. The van der Waals surface area contributed by atoms with E-state index < -0.39 is 0 Å². The second-order valence-electron chi connectivity index (χ2n) is 4.72. The van der Waals surface area contributed by atoms with Crippen molar-refractivity contribution in [3.63, 3.8) is 0 Å². The molecule has 0 aliphatic heterocycles. The highest BCUT2D eigenvalue weighted by atomic mass is 16.5. The van der Waals surface area contributed by atoms with Gasteiger partial charge in [-0.05, 0) is 30.7 Å². The molecule has 1 aliphatic carbocycles. The SMILES string of the molecule is CCCCOC(=O)C1CCC1c1ccccc1. The van der Waals surface area contributed by atoms with Gasteiger partial charge in [-0.3, -0.25) is 4.79 Å². The van der Waals surface area contributed by atoms with E-state index in [9.17, 15) is 4.79 Å². The molecule has 0 N–H and O–H groups in total. The fraction of sp³-hybridized carbons (Fsp3) is 0.533. The number of carbonyl (C=O) groups is 1. The van der Waals surface area contributed by atoms with Crippen molar-refractivity contribution in [3.05, 3.63) is 35.9 Å². The van der Waals surface area contributed by atoms with Crippen LogP contribution >= 0.6 is 0 Å². The molecule has 1 fully saturated rings. The highest BCUT2D eigenvalue weighted by Gasteiger charge is 2.38. The molecule has 1 aromatic carbocycles. The normalized spacial score (nSPS) is 22.9. The van der Waals surface area contributed by atoms with Crippen LogP contribution < -0.4 is 0 Å². The predicted molar refractivity (Wildman–Crippen MR) is 67.8 cm³/mol. The van der Waals surface area contributed by atoms with Crippen LogP contribution in [0.5, 0.6) is 0 Å². The second-order valence-corrected chi connectivity index (χ2v) is 4.72. The van der Waals surface area contributed by atoms with E-state index in [1.807, 2.05) is 18.2 Å². The van der Waals surface area contributed by atoms with Crippen LogP contribution in [-0.2, 0) is 9.53 Å². The zero-order chi connectivity index (χ0) is 12.1. The van der Waals surface area contributed by atoms with Crippen molar-refractivity contribution in [1.29, 1.82) is 0 Å². The van der Waals surface area contributed by atoms with Gasteiger partial charge in [-0.25, -0.2) is 0 Å². The first-order valence-electron chi connectivity index (χ1n) is 6.54. The third-order valence-corrected chi connectivity index (χ3v) is 3.55. The lowest BCUT2D eigenvalue weighted by molar-refractivity contribution is -0.152. The molecular weight excluding hydrogens is 212 g/mol. The molecule has 0 radical (unpaired) electrons. The molecule has 2 unspecified atom stereocenters. The van der Waals surface area contributed by atoms with Gasteiger partial charge in [0.25, 0.3) is 0 Å². The van der Waals surface area contributed by atoms with Crippen molar-refractivity contribution in [3.8, 4) is 0 Å². The highest BCUT2D eigenvalue weighted by molar-refractivity contribution is 5.75. The zero-order valence-corrected chi connectivity index (χ0v) is 10.4. The van der Waals surface area contributed by atoms with Gasteiger partial charge in [0, 0.05) is 0 Å². The lowest BCUT2D eigenvalue weighted by Crippen LogP contribution is -2.32. The summed E-state index contributed by atoms with van der Waals surface area (Å²) < 4.78 is 5.30. The van der Waals surface area contributed by atoms with Crippen LogP contribution in [0.4, 0.5) is 0 Å². The Kier molecular flexibility index (Phi) is 4.18. The number of rotatable bonds is 5. The van der Waals surface area contributed by atoms with Crippen molar-refractivity contribution in [2.24, 2.45) is 5.92 Å². The van der Waals surface area contributed by atoms with Crippen molar-refractivity contribution in [2.45, 2.75) is 38.5 Å². The number of carbonyl (C=O) groups excluding carboxylic acids is 1. The Bertz CT molecular complexity index is 358. The molecule has 2 heteroatoms. The number of ether oxygens (including phenoxy) is 1. The summed E-state index contributed by atoms with van der Waals surface area (Å²) in [6.07, 6.45) is 4.12. The maximum Gasteiger partial charge on any atom is 0.309 e. The van der Waals surface area contributed by atoms with Crippen LogP contribution in [0, 0.1) is 5.92 Å². The molecule has 0 saturated heterocycles. The largest absolute Gasteiger partial charge is 0.465 e. The average Bonchev–Trinajstić information content (AvgIpc) is 2.29. The third kappa shape index (κ3) is 2.87. The monoisotopic (exact) mass is 232 g/mol. The van der Waals surface area contributed by atoms with E-state index in [4.69, 9.17) is 4.74 Å². The van der Waals surface area contributed by atoms with Gasteiger partial charge < -0.3 is 4.74 Å². The van der Waals surface area contributed by atoms with Gasteiger partial charge in [0.1, 0.15) is 0 Å². The van der Waals surface area contributed by atoms with Crippen LogP contribution in [0.15, 0.2) is 30.3 Å². The maximum absolute atomic E-state index is 11.9. The summed E-state index contributed by atoms with van der Waals surface area (Å²) >= 11 is 0. The zero-order valence-electron chi connectivity index (χ0n) is 10.4. The van der Waals surface area contributed by atoms with Gasteiger partial charge >= 0.3 is 5.97 Å². The molecule has 0 spiro atoms. The summed E-state index contributed by atoms with van der Waals surface area (Å²) in [7, 11) is 0. The van der Waals surface area contributed by atoms with Gasteiger partial charge in [-0.1, -0.05) is 43.7 Å². The molecule has 1 saturated carbocycles. The van der Waals surface area contributed by atoms with E-state index in [0.717, 1.165) is 25.7 Å². The first-order valence-corrected chi connectivity index (χ1v) is 6.54. The van der Waals surface area contributed by atoms with Crippen LogP contribution in [0.3, 0.4) is 0 Å². The lowest BCUT2D eigenvalue weighted by atomic mass is 9.70. The van der Waals surface area contributed by atoms with Gasteiger partial charge in [0.15, 0.2) is 0 Å². The Labute approximate surface area is 103 Å². The van der Waals surface area contributed by atoms with Gasteiger partial charge in [0.2, 0.25) is 0 Å². The summed E-state index contributed by atoms with van der Waals surface area (Å²) in [5, 5.41) is 0. The molecular formula is C15H20O2. The quantitative estimate of drug-likeness (QED) is 0.573. The van der Waals surface area contributed by atoms with Crippen LogP contribution in [-0.4, -0.2) is 12.6 Å². The second kappa shape index (κ2) is 5.85. The molecule has 1 aromatic rings. The molecule has 2 nitrogen and oxygen atoms in total.